The molecule has 0 spiro atoms. The van der Waals surface area contributed by atoms with Crippen molar-refractivity contribution in [3.05, 3.63) is 0 Å². The molecule has 0 radical (unpaired) electrons. The summed E-state index contributed by atoms with van der Waals surface area (Å²) in [4.78, 5) is 23.8. The highest BCUT2D eigenvalue weighted by atomic mass is 19.4. The van der Waals surface area contributed by atoms with Gasteiger partial charge in [0, 0.05) is 13.1 Å². The van der Waals surface area contributed by atoms with E-state index < -0.39 is 37.2 Å². The Morgan fingerprint density at radius 1 is 1.37 bits per heavy atom. The summed E-state index contributed by atoms with van der Waals surface area (Å²) in [5.41, 5.74) is 0. The molecule has 1 amide bonds. The average Bonchev–Trinajstić information content (AvgIpc) is 2.26. The standard InChI is InChI=1S/C11H16F3NO4/c1-7-2-8(10(17)18)4-15(3-7)9(16)5-19-6-11(12,13)14/h7-8H,2-6H2,1H3,(H,17,18). The first-order valence-corrected chi connectivity index (χ1v) is 5.84. The van der Waals surface area contributed by atoms with Crippen molar-refractivity contribution in [2.45, 2.75) is 19.5 Å². The van der Waals surface area contributed by atoms with Crippen molar-refractivity contribution in [1.82, 2.24) is 4.90 Å². The zero-order valence-electron chi connectivity index (χ0n) is 10.4. The third-order valence-electron chi connectivity index (χ3n) is 2.85. The first-order valence-electron chi connectivity index (χ1n) is 5.84. The smallest absolute Gasteiger partial charge is 0.411 e. The normalized spacial score (nSPS) is 24.3. The summed E-state index contributed by atoms with van der Waals surface area (Å²) in [7, 11) is 0. The number of alkyl halides is 3. The van der Waals surface area contributed by atoms with Crippen molar-refractivity contribution < 1.29 is 32.6 Å². The molecule has 1 heterocycles. The maximum absolute atomic E-state index is 11.9. The van der Waals surface area contributed by atoms with Crippen LogP contribution < -0.4 is 0 Å². The van der Waals surface area contributed by atoms with E-state index in [0.717, 1.165) is 0 Å². The van der Waals surface area contributed by atoms with Crippen LogP contribution in [0, 0.1) is 11.8 Å². The zero-order chi connectivity index (χ0) is 14.6. The average molecular weight is 283 g/mol. The number of likely N-dealkylation sites (tertiary alicyclic amines) is 1. The Balaban J connectivity index is 2.45. The highest BCUT2D eigenvalue weighted by molar-refractivity contribution is 5.79. The SMILES string of the molecule is CC1CC(C(=O)O)CN(C(=O)COCC(F)(F)F)C1. The number of carboxylic acid groups (broad SMARTS) is 1. The first-order chi connectivity index (χ1) is 8.69. The summed E-state index contributed by atoms with van der Waals surface area (Å²) in [6, 6.07) is 0. The fourth-order valence-electron chi connectivity index (χ4n) is 2.08. The second-order valence-electron chi connectivity index (χ2n) is 4.78. The van der Waals surface area contributed by atoms with E-state index in [0.29, 0.717) is 13.0 Å². The fourth-order valence-corrected chi connectivity index (χ4v) is 2.08. The number of hydrogen-bond acceptors (Lipinski definition) is 3. The van der Waals surface area contributed by atoms with Gasteiger partial charge in [-0.15, -0.1) is 0 Å². The third-order valence-corrected chi connectivity index (χ3v) is 2.85. The lowest BCUT2D eigenvalue weighted by atomic mass is 9.90. The summed E-state index contributed by atoms with van der Waals surface area (Å²) in [6.07, 6.45) is -4.01. The second kappa shape index (κ2) is 6.23. The Morgan fingerprint density at radius 2 is 2.00 bits per heavy atom. The van der Waals surface area contributed by atoms with Crippen LogP contribution in [0.1, 0.15) is 13.3 Å². The molecule has 2 unspecified atom stereocenters. The topological polar surface area (TPSA) is 66.8 Å². The van der Waals surface area contributed by atoms with Gasteiger partial charge >= 0.3 is 12.1 Å². The number of nitrogens with zero attached hydrogens (tertiary/aromatic N) is 1. The molecule has 2 atom stereocenters. The van der Waals surface area contributed by atoms with Crippen molar-refractivity contribution in [2.75, 3.05) is 26.3 Å². The summed E-state index contributed by atoms with van der Waals surface area (Å²) in [5.74, 6) is -2.28. The van der Waals surface area contributed by atoms with Crippen LogP contribution in [0.25, 0.3) is 0 Å². The Hall–Kier alpha value is -1.31. The van der Waals surface area contributed by atoms with Crippen molar-refractivity contribution in [2.24, 2.45) is 11.8 Å². The Labute approximate surface area is 108 Å². The number of rotatable bonds is 4. The highest BCUT2D eigenvalue weighted by Gasteiger charge is 2.33. The number of ether oxygens (including phenoxy) is 1. The number of amides is 1. The lowest BCUT2D eigenvalue weighted by molar-refractivity contribution is -0.178. The highest BCUT2D eigenvalue weighted by Crippen LogP contribution is 2.22. The predicted octanol–water partition coefficient (Wildman–Crippen LogP) is 1.13. The maximum atomic E-state index is 11.9. The van der Waals surface area contributed by atoms with Gasteiger partial charge < -0.3 is 14.7 Å². The van der Waals surface area contributed by atoms with Crippen molar-refractivity contribution in [1.29, 1.82) is 0 Å². The molecular weight excluding hydrogens is 267 g/mol. The Kier molecular flexibility index (Phi) is 5.16. The largest absolute Gasteiger partial charge is 0.481 e. The molecule has 8 heteroatoms. The molecule has 19 heavy (non-hydrogen) atoms. The van der Waals surface area contributed by atoms with Crippen LogP contribution in [-0.4, -0.2) is 54.4 Å². The van der Waals surface area contributed by atoms with Gasteiger partial charge in [0.2, 0.25) is 5.91 Å². The number of halogens is 3. The van der Waals surface area contributed by atoms with Gasteiger partial charge in [0.05, 0.1) is 5.92 Å². The van der Waals surface area contributed by atoms with Crippen LogP contribution in [0.3, 0.4) is 0 Å². The van der Waals surface area contributed by atoms with Crippen molar-refractivity contribution in [3.63, 3.8) is 0 Å². The molecule has 110 valence electrons. The molecule has 0 aromatic heterocycles. The number of carbonyl (C=O) groups excluding carboxylic acids is 1. The van der Waals surface area contributed by atoms with Gasteiger partial charge in [0.25, 0.3) is 0 Å². The summed E-state index contributed by atoms with van der Waals surface area (Å²) < 4.78 is 39.8. The minimum Gasteiger partial charge on any atom is -0.481 e. The van der Waals surface area contributed by atoms with Crippen LogP contribution in [0.2, 0.25) is 0 Å². The molecule has 1 aliphatic rings. The Bertz CT molecular complexity index is 345. The molecule has 0 aromatic carbocycles. The summed E-state index contributed by atoms with van der Waals surface area (Å²) in [5, 5.41) is 8.92. The quantitative estimate of drug-likeness (QED) is 0.840. The van der Waals surface area contributed by atoms with E-state index in [9.17, 15) is 22.8 Å². The van der Waals surface area contributed by atoms with Gasteiger partial charge in [-0.25, -0.2) is 0 Å². The van der Waals surface area contributed by atoms with Crippen LogP contribution in [0.4, 0.5) is 13.2 Å². The maximum Gasteiger partial charge on any atom is 0.411 e. The minimum absolute atomic E-state index is 0.00131. The minimum atomic E-state index is -4.47. The monoisotopic (exact) mass is 283 g/mol. The summed E-state index contributed by atoms with van der Waals surface area (Å²) in [6.45, 7) is 0.000882. The van der Waals surface area contributed by atoms with E-state index in [2.05, 4.69) is 4.74 Å². The lowest BCUT2D eigenvalue weighted by Gasteiger charge is -2.34. The van der Waals surface area contributed by atoms with Crippen LogP contribution in [-0.2, 0) is 14.3 Å². The molecule has 1 fully saturated rings. The molecule has 0 saturated carbocycles. The number of aliphatic carboxylic acids is 1. The molecular formula is C11H16F3NO4. The molecule has 1 saturated heterocycles. The lowest BCUT2D eigenvalue weighted by Crippen LogP contribution is -2.47. The van der Waals surface area contributed by atoms with Gasteiger partial charge in [-0.2, -0.15) is 13.2 Å². The molecule has 0 aliphatic carbocycles. The van der Waals surface area contributed by atoms with E-state index in [1.807, 2.05) is 0 Å². The molecule has 1 N–H and O–H groups in total. The number of hydrogen-bond donors (Lipinski definition) is 1. The fraction of sp³-hybridized carbons (Fsp3) is 0.818. The van der Waals surface area contributed by atoms with E-state index in [4.69, 9.17) is 5.11 Å². The predicted molar refractivity (Wildman–Crippen MR) is 58.4 cm³/mol. The van der Waals surface area contributed by atoms with Gasteiger partial charge in [-0.05, 0) is 12.3 Å². The first kappa shape index (κ1) is 15.7. The molecule has 5 nitrogen and oxygen atoms in total. The molecule has 0 aromatic rings. The summed E-state index contributed by atoms with van der Waals surface area (Å²) >= 11 is 0. The van der Waals surface area contributed by atoms with Gasteiger partial charge in [0.1, 0.15) is 13.2 Å². The van der Waals surface area contributed by atoms with E-state index in [-0.39, 0.29) is 12.5 Å². The van der Waals surface area contributed by atoms with E-state index >= 15 is 0 Å². The van der Waals surface area contributed by atoms with E-state index in [1.165, 1.54) is 4.90 Å². The van der Waals surface area contributed by atoms with Crippen LogP contribution in [0.15, 0.2) is 0 Å². The third kappa shape index (κ3) is 5.46. The van der Waals surface area contributed by atoms with Crippen LogP contribution in [0.5, 0.6) is 0 Å². The van der Waals surface area contributed by atoms with Crippen molar-refractivity contribution >= 4 is 11.9 Å². The molecule has 0 bridgehead atoms. The zero-order valence-corrected chi connectivity index (χ0v) is 10.4. The van der Waals surface area contributed by atoms with Gasteiger partial charge in [0.15, 0.2) is 0 Å². The second-order valence-corrected chi connectivity index (χ2v) is 4.78. The van der Waals surface area contributed by atoms with E-state index in [1.54, 1.807) is 6.92 Å². The molecule has 1 aliphatic heterocycles. The van der Waals surface area contributed by atoms with Crippen molar-refractivity contribution in [3.8, 4) is 0 Å². The van der Waals surface area contributed by atoms with Gasteiger partial charge in [-0.1, -0.05) is 6.92 Å². The Morgan fingerprint density at radius 3 is 2.53 bits per heavy atom. The van der Waals surface area contributed by atoms with Gasteiger partial charge in [-0.3, -0.25) is 9.59 Å². The van der Waals surface area contributed by atoms with Crippen LogP contribution >= 0.6 is 0 Å². The number of carboxylic acids is 1. The number of carbonyl (C=O) groups is 2. The molecule has 1 rings (SSSR count). The number of piperidine rings is 1.